The molecule has 5 rings (SSSR count). The Morgan fingerprint density at radius 1 is 1.17 bits per heavy atom. The third kappa shape index (κ3) is 5.33. The van der Waals surface area contributed by atoms with E-state index in [0.717, 1.165) is 23.2 Å². The first-order chi connectivity index (χ1) is 19.8. The van der Waals surface area contributed by atoms with E-state index in [9.17, 15) is 44.3 Å². The van der Waals surface area contributed by atoms with E-state index in [1.54, 1.807) is 0 Å². The van der Waals surface area contributed by atoms with Gasteiger partial charge in [-0.1, -0.05) is 0 Å². The van der Waals surface area contributed by atoms with Crippen LogP contribution >= 0.6 is 7.82 Å². The maximum absolute atomic E-state index is 12.9. The molecule has 42 heavy (non-hydrogen) atoms. The molecule has 0 amide bonds. The number of fused-ring (bicyclic) bond motifs is 1. The zero-order valence-corrected chi connectivity index (χ0v) is 22.8. The summed E-state index contributed by atoms with van der Waals surface area (Å²) in [7, 11) is -3.58. The van der Waals surface area contributed by atoms with Crippen LogP contribution in [0.25, 0.3) is 11.2 Å². The Labute approximate surface area is 233 Å². The second kappa shape index (κ2) is 11.1. The van der Waals surface area contributed by atoms with Crippen molar-refractivity contribution in [2.45, 2.75) is 55.5 Å². The van der Waals surface area contributed by atoms with Crippen molar-refractivity contribution in [2.24, 2.45) is 0 Å². The number of anilines is 1. The lowest BCUT2D eigenvalue weighted by Crippen LogP contribution is -2.45. The van der Waals surface area contributed by atoms with E-state index in [-0.39, 0.29) is 17.1 Å². The minimum Gasteiger partial charge on any atom is -0.394 e. The van der Waals surface area contributed by atoms with E-state index in [1.165, 1.54) is 18.5 Å². The Morgan fingerprint density at radius 2 is 1.90 bits per heavy atom. The number of ether oxygens (including phenoxy) is 2. The van der Waals surface area contributed by atoms with Gasteiger partial charge in [0.2, 0.25) is 5.95 Å². The Hall–Kier alpha value is -3.30. The summed E-state index contributed by atoms with van der Waals surface area (Å²) in [5.74, 6) is 0.0840. The highest BCUT2D eigenvalue weighted by atomic mass is 31.2. The highest BCUT2D eigenvalue weighted by Crippen LogP contribution is 2.52. The number of hydrogen-bond acceptors (Lipinski definition) is 15. The molecule has 20 nitrogen and oxygen atoms in total. The van der Waals surface area contributed by atoms with Gasteiger partial charge in [-0.15, -0.1) is 0 Å². The second-order valence-corrected chi connectivity index (χ2v) is 11.2. The number of phosphoric ester groups is 1. The number of aliphatic hydroxyl groups excluding tert-OH is 3. The van der Waals surface area contributed by atoms with E-state index in [1.807, 2.05) is 4.98 Å². The molecule has 21 heteroatoms. The summed E-state index contributed by atoms with van der Waals surface area (Å²) >= 11 is 0. The van der Waals surface area contributed by atoms with Gasteiger partial charge in [0.15, 0.2) is 23.6 Å². The number of aromatic nitrogens is 6. The molecule has 5 heterocycles. The average molecular weight is 617 g/mol. The average Bonchev–Trinajstić information content (AvgIpc) is 3.55. The zero-order chi connectivity index (χ0) is 30.6. The van der Waals surface area contributed by atoms with Crippen molar-refractivity contribution in [3.05, 3.63) is 49.8 Å². The van der Waals surface area contributed by atoms with Crippen molar-refractivity contribution in [1.29, 1.82) is 0 Å². The molecule has 230 valence electrons. The molecule has 9 atom stereocenters. The number of nitrogens with one attached hydrogen (secondary N) is 3. The minimum atomic E-state index is -5.10. The summed E-state index contributed by atoms with van der Waals surface area (Å²) in [6.45, 7) is -0.399. The Bertz CT molecular complexity index is 1680. The molecule has 0 radical (unpaired) electrons. The minimum absolute atomic E-state index is 0.00349. The van der Waals surface area contributed by atoms with Gasteiger partial charge < -0.3 is 40.1 Å². The third-order valence-corrected chi connectivity index (χ3v) is 7.90. The molecule has 1 unspecified atom stereocenters. The molecule has 3 aromatic heterocycles. The lowest BCUT2D eigenvalue weighted by Gasteiger charge is -2.31. The van der Waals surface area contributed by atoms with Gasteiger partial charge in [-0.3, -0.25) is 37.7 Å². The van der Waals surface area contributed by atoms with Crippen LogP contribution in [0.1, 0.15) is 19.4 Å². The van der Waals surface area contributed by atoms with Gasteiger partial charge in [-0.05, 0) is 6.92 Å². The summed E-state index contributed by atoms with van der Waals surface area (Å²) in [5, 5.41) is 44.7. The summed E-state index contributed by atoms with van der Waals surface area (Å²) in [6, 6.07) is 0.990. The van der Waals surface area contributed by atoms with E-state index in [2.05, 4.69) is 20.3 Å². The van der Waals surface area contributed by atoms with E-state index < -0.39 is 86.4 Å². The lowest BCUT2D eigenvalue weighted by atomic mass is 9.96. The van der Waals surface area contributed by atoms with Gasteiger partial charge in [0.05, 0.1) is 19.5 Å². The van der Waals surface area contributed by atoms with Gasteiger partial charge in [0.1, 0.15) is 36.1 Å². The highest BCUT2D eigenvalue weighted by molar-refractivity contribution is 7.47. The van der Waals surface area contributed by atoms with Gasteiger partial charge in [0, 0.05) is 19.3 Å². The molecule has 0 spiro atoms. The van der Waals surface area contributed by atoms with Crippen LogP contribution in [0.15, 0.2) is 33.0 Å². The normalized spacial score (nSPS) is 32.8. The molecular formula is C21H28N7O13P. The van der Waals surface area contributed by atoms with Gasteiger partial charge in [0.25, 0.3) is 11.1 Å². The molecule has 8 N–H and O–H groups in total. The van der Waals surface area contributed by atoms with E-state index in [4.69, 9.17) is 18.5 Å². The second-order valence-electron chi connectivity index (χ2n) is 9.78. The monoisotopic (exact) mass is 617 g/mol. The van der Waals surface area contributed by atoms with E-state index >= 15 is 0 Å². The Morgan fingerprint density at radius 3 is 2.57 bits per heavy atom. The Balaban J connectivity index is 1.32. The predicted octanol–water partition coefficient (Wildman–Crippen LogP) is -3.53. The molecule has 0 aliphatic carbocycles. The number of nitrogens with zero attached hydrogens (tertiary/aromatic N) is 4. The first kappa shape index (κ1) is 30.2. The van der Waals surface area contributed by atoms with Gasteiger partial charge in [-0.25, -0.2) is 14.3 Å². The van der Waals surface area contributed by atoms with Crippen LogP contribution in [-0.2, 0) is 23.1 Å². The molecule has 0 saturated carbocycles. The summed E-state index contributed by atoms with van der Waals surface area (Å²) in [4.78, 5) is 58.8. The number of imidazole rings is 1. The van der Waals surface area contributed by atoms with Crippen molar-refractivity contribution in [3.63, 3.8) is 0 Å². The number of rotatable bonds is 9. The quantitative estimate of drug-likeness (QED) is 0.108. The molecule has 2 aliphatic heterocycles. The largest absolute Gasteiger partial charge is 0.472 e. The molecule has 3 aromatic rings. The van der Waals surface area contributed by atoms with Crippen LogP contribution < -0.4 is 22.1 Å². The summed E-state index contributed by atoms with van der Waals surface area (Å²) in [6.07, 6.45) is -8.53. The van der Waals surface area contributed by atoms with Crippen LogP contribution in [-0.4, -0.2) is 111 Å². The maximum Gasteiger partial charge on any atom is 0.472 e. The number of aromatic amines is 2. The summed E-state index contributed by atoms with van der Waals surface area (Å²) < 4.78 is 36.3. The van der Waals surface area contributed by atoms with Crippen LogP contribution in [0.2, 0.25) is 0 Å². The van der Waals surface area contributed by atoms with Crippen molar-refractivity contribution >= 4 is 24.9 Å². The fourth-order valence-electron chi connectivity index (χ4n) is 4.83. The maximum atomic E-state index is 12.9. The lowest BCUT2D eigenvalue weighted by molar-refractivity contribution is -0.0960. The van der Waals surface area contributed by atoms with Crippen LogP contribution in [0.3, 0.4) is 0 Å². The SMILES string of the molecule is CNc1nc2c(ncn2[C@@H]2O[C@H](CO)[C@@H](OP(=O)(O)OC[C@H]3O[C@@H](n4ccc(=O)[nH]c4=O)[C@H](O)[C@@H]3O)[C@@]2(C)O)c(=O)[nH]1. The first-order valence-corrected chi connectivity index (χ1v) is 13.9. The first-order valence-electron chi connectivity index (χ1n) is 12.4. The van der Waals surface area contributed by atoms with Crippen LogP contribution in [0.4, 0.5) is 5.95 Å². The molecule has 2 fully saturated rings. The third-order valence-electron chi connectivity index (χ3n) is 6.93. The number of phosphoric acid groups is 1. The molecular weight excluding hydrogens is 589 g/mol. The van der Waals surface area contributed by atoms with Gasteiger partial charge >= 0.3 is 13.5 Å². The molecule has 2 saturated heterocycles. The van der Waals surface area contributed by atoms with Crippen molar-refractivity contribution in [1.82, 2.24) is 29.1 Å². The number of aliphatic hydroxyl groups is 4. The fraction of sp³-hybridized carbons (Fsp3) is 0.571. The topological polar surface area (TPSA) is 286 Å². The number of hydrogen-bond donors (Lipinski definition) is 8. The van der Waals surface area contributed by atoms with Crippen LogP contribution in [0, 0.1) is 0 Å². The highest BCUT2D eigenvalue weighted by Gasteiger charge is 2.57. The molecule has 2 aliphatic rings. The van der Waals surface area contributed by atoms with E-state index in [0.29, 0.717) is 0 Å². The van der Waals surface area contributed by atoms with Crippen molar-refractivity contribution in [2.75, 3.05) is 25.6 Å². The smallest absolute Gasteiger partial charge is 0.394 e. The molecule has 0 aromatic carbocycles. The van der Waals surface area contributed by atoms with Gasteiger partial charge in [-0.2, -0.15) is 4.98 Å². The fourth-order valence-corrected chi connectivity index (χ4v) is 5.87. The predicted molar refractivity (Wildman–Crippen MR) is 137 cm³/mol. The standard InChI is InChI=1S/C21H28N7O13P/c1-21(35)14(8(5-29)40-18(21)28-7-23-11-15(28)25-19(22-2)26-16(11)33)41-42(36,37)38-6-9-12(31)13(32)17(39-9)27-4-3-10(30)24-20(27)34/h3-4,7-9,12-14,17-18,29,31-32,35H,5-6H2,1-2H3,(H,36,37)(H,24,30,34)(H2,22,25,26,33)/t8-,9-,12-,13-,14-,17-,18-,21-/m1/s1. The molecule has 0 bridgehead atoms. The van der Waals surface area contributed by atoms with Crippen molar-refractivity contribution < 1.29 is 48.4 Å². The number of H-pyrrole nitrogens is 2. The Kier molecular flexibility index (Phi) is 7.96. The van der Waals surface area contributed by atoms with Crippen molar-refractivity contribution in [3.8, 4) is 0 Å². The van der Waals surface area contributed by atoms with Crippen LogP contribution in [0.5, 0.6) is 0 Å². The zero-order valence-electron chi connectivity index (χ0n) is 21.9. The summed E-state index contributed by atoms with van der Waals surface area (Å²) in [5.41, 5.74) is -4.45.